The van der Waals surface area contributed by atoms with E-state index in [9.17, 15) is 0 Å². The van der Waals surface area contributed by atoms with E-state index in [2.05, 4.69) is 45.9 Å². The van der Waals surface area contributed by atoms with Crippen molar-refractivity contribution in [2.24, 2.45) is 11.8 Å². The number of hydrogen-bond donors (Lipinski definition) is 0. The van der Waals surface area contributed by atoms with E-state index in [1.165, 1.54) is 48.6 Å². The first kappa shape index (κ1) is 15.2. The summed E-state index contributed by atoms with van der Waals surface area (Å²) in [4.78, 5) is 0. The van der Waals surface area contributed by atoms with Crippen LogP contribution >= 0.6 is 0 Å². The van der Waals surface area contributed by atoms with E-state index in [0.29, 0.717) is 0 Å². The molecule has 0 amide bonds. The topological polar surface area (TPSA) is 0 Å². The second-order valence-electron chi connectivity index (χ2n) is 8.08. The van der Waals surface area contributed by atoms with Crippen molar-refractivity contribution in [3.8, 4) is 0 Å². The zero-order valence-electron chi connectivity index (χ0n) is 15.2. The normalized spacial score (nSPS) is 26.9. The summed E-state index contributed by atoms with van der Waals surface area (Å²) >= 11 is 0. The SMILES string of the molecule is CCc1ccc2cc3c(c(C)c2c1C)[C@@H](C)[C@H]1CCCC[C@H]1C3. The van der Waals surface area contributed by atoms with Gasteiger partial charge in [-0.15, -0.1) is 0 Å². The van der Waals surface area contributed by atoms with Gasteiger partial charge in [-0.05, 0) is 95.9 Å². The molecule has 3 atom stereocenters. The lowest BCUT2D eigenvalue weighted by Gasteiger charge is -2.42. The van der Waals surface area contributed by atoms with Crippen molar-refractivity contribution in [1.29, 1.82) is 0 Å². The molecular formula is C23H30. The Morgan fingerprint density at radius 2 is 1.83 bits per heavy atom. The van der Waals surface area contributed by atoms with Gasteiger partial charge in [-0.25, -0.2) is 0 Å². The molecule has 4 rings (SSSR count). The summed E-state index contributed by atoms with van der Waals surface area (Å²) in [6, 6.07) is 7.25. The molecule has 1 saturated carbocycles. The lowest BCUT2D eigenvalue weighted by Crippen LogP contribution is -2.31. The number of fused-ring (bicyclic) bond motifs is 3. The Balaban J connectivity index is 1.94. The van der Waals surface area contributed by atoms with Gasteiger partial charge in [0.25, 0.3) is 0 Å². The van der Waals surface area contributed by atoms with Crippen LogP contribution in [-0.2, 0) is 12.8 Å². The van der Waals surface area contributed by atoms with Crippen LogP contribution in [0.2, 0.25) is 0 Å². The third-order valence-corrected chi connectivity index (χ3v) is 6.99. The van der Waals surface area contributed by atoms with E-state index in [1.54, 1.807) is 22.1 Å². The summed E-state index contributed by atoms with van der Waals surface area (Å²) in [7, 11) is 0. The van der Waals surface area contributed by atoms with Gasteiger partial charge in [0.15, 0.2) is 0 Å². The summed E-state index contributed by atoms with van der Waals surface area (Å²) in [6.45, 7) is 9.51. The molecule has 23 heavy (non-hydrogen) atoms. The molecule has 0 heterocycles. The van der Waals surface area contributed by atoms with Crippen molar-refractivity contribution in [2.75, 3.05) is 0 Å². The van der Waals surface area contributed by atoms with E-state index < -0.39 is 0 Å². The van der Waals surface area contributed by atoms with Gasteiger partial charge in [0, 0.05) is 0 Å². The third-order valence-electron chi connectivity index (χ3n) is 6.99. The van der Waals surface area contributed by atoms with Crippen molar-refractivity contribution < 1.29 is 0 Å². The zero-order valence-corrected chi connectivity index (χ0v) is 15.2. The van der Waals surface area contributed by atoms with Crippen molar-refractivity contribution >= 4 is 10.8 Å². The molecule has 0 saturated heterocycles. The summed E-state index contributed by atoms with van der Waals surface area (Å²) in [5.41, 5.74) is 7.98. The van der Waals surface area contributed by atoms with Crippen LogP contribution < -0.4 is 0 Å². The quantitative estimate of drug-likeness (QED) is 0.565. The molecule has 0 aromatic heterocycles. The van der Waals surface area contributed by atoms with E-state index in [-0.39, 0.29) is 0 Å². The van der Waals surface area contributed by atoms with Gasteiger partial charge in [0.05, 0.1) is 0 Å². The van der Waals surface area contributed by atoms with Gasteiger partial charge in [-0.3, -0.25) is 0 Å². The molecule has 0 unspecified atom stereocenters. The zero-order chi connectivity index (χ0) is 16.1. The van der Waals surface area contributed by atoms with Crippen LogP contribution in [0.1, 0.15) is 73.3 Å². The fourth-order valence-corrected chi connectivity index (χ4v) is 5.87. The Kier molecular flexibility index (Phi) is 3.75. The first-order chi connectivity index (χ1) is 11.1. The van der Waals surface area contributed by atoms with Crippen molar-refractivity contribution in [3.63, 3.8) is 0 Å². The molecule has 2 aliphatic carbocycles. The average Bonchev–Trinajstić information content (AvgIpc) is 2.55. The maximum atomic E-state index is 2.53. The number of hydrogen-bond acceptors (Lipinski definition) is 0. The Bertz CT molecular complexity index is 752. The Labute approximate surface area is 141 Å². The van der Waals surface area contributed by atoms with E-state index in [4.69, 9.17) is 0 Å². The largest absolute Gasteiger partial charge is 0.0613 e. The minimum atomic E-state index is 0.748. The second kappa shape index (κ2) is 5.65. The Hall–Kier alpha value is -1.30. The molecule has 0 nitrogen and oxygen atoms in total. The molecule has 2 aliphatic rings. The maximum Gasteiger partial charge on any atom is -0.0120 e. The van der Waals surface area contributed by atoms with Gasteiger partial charge < -0.3 is 0 Å². The molecule has 0 spiro atoms. The van der Waals surface area contributed by atoms with Crippen LogP contribution in [0.5, 0.6) is 0 Å². The highest BCUT2D eigenvalue weighted by molar-refractivity contribution is 5.91. The van der Waals surface area contributed by atoms with Crippen molar-refractivity contribution in [1.82, 2.24) is 0 Å². The summed E-state index contributed by atoms with van der Waals surface area (Å²) in [5, 5.41) is 3.02. The van der Waals surface area contributed by atoms with Gasteiger partial charge in [0.1, 0.15) is 0 Å². The minimum absolute atomic E-state index is 0.748. The van der Waals surface area contributed by atoms with Crippen LogP contribution in [0.3, 0.4) is 0 Å². The highest BCUT2D eigenvalue weighted by Gasteiger charge is 2.36. The maximum absolute atomic E-state index is 2.53. The fraction of sp³-hybridized carbons (Fsp3) is 0.565. The number of benzene rings is 2. The second-order valence-corrected chi connectivity index (χ2v) is 8.08. The van der Waals surface area contributed by atoms with Gasteiger partial charge in [-0.1, -0.05) is 44.9 Å². The number of aryl methyl sites for hydroxylation is 3. The van der Waals surface area contributed by atoms with Crippen LogP contribution in [0.15, 0.2) is 18.2 Å². The molecule has 2 aromatic rings. The fourth-order valence-electron chi connectivity index (χ4n) is 5.87. The lowest BCUT2D eigenvalue weighted by molar-refractivity contribution is 0.191. The van der Waals surface area contributed by atoms with E-state index >= 15 is 0 Å². The molecular weight excluding hydrogens is 276 g/mol. The predicted molar refractivity (Wildman–Crippen MR) is 100 cm³/mol. The van der Waals surface area contributed by atoms with Crippen LogP contribution in [-0.4, -0.2) is 0 Å². The molecule has 0 heteroatoms. The first-order valence-corrected chi connectivity index (χ1v) is 9.66. The summed E-state index contributed by atoms with van der Waals surface area (Å²) < 4.78 is 0. The highest BCUT2D eigenvalue weighted by Crippen LogP contribution is 2.49. The highest BCUT2D eigenvalue weighted by atomic mass is 14.4. The predicted octanol–water partition coefficient (Wildman–Crippen LogP) is 6.49. The van der Waals surface area contributed by atoms with Crippen molar-refractivity contribution in [2.45, 2.75) is 72.1 Å². The minimum Gasteiger partial charge on any atom is -0.0613 e. The molecule has 0 aliphatic heterocycles. The Morgan fingerprint density at radius 1 is 1.04 bits per heavy atom. The summed E-state index contributed by atoms with van der Waals surface area (Å²) in [5.74, 6) is 2.62. The smallest absolute Gasteiger partial charge is 0.0120 e. The molecule has 0 radical (unpaired) electrons. The molecule has 2 aromatic carbocycles. The Morgan fingerprint density at radius 3 is 2.61 bits per heavy atom. The molecule has 0 bridgehead atoms. The van der Waals surface area contributed by atoms with E-state index in [1.807, 2.05) is 0 Å². The third kappa shape index (κ3) is 2.25. The lowest BCUT2D eigenvalue weighted by atomic mass is 9.63. The van der Waals surface area contributed by atoms with Gasteiger partial charge in [-0.2, -0.15) is 0 Å². The van der Waals surface area contributed by atoms with Crippen LogP contribution in [0.25, 0.3) is 10.8 Å². The van der Waals surface area contributed by atoms with E-state index in [0.717, 1.165) is 24.2 Å². The van der Waals surface area contributed by atoms with Crippen LogP contribution in [0.4, 0.5) is 0 Å². The van der Waals surface area contributed by atoms with Gasteiger partial charge in [0.2, 0.25) is 0 Å². The van der Waals surface area contributed by atoms with Crippen molar-refractivity contribution in [3.05, 3.63) is 46.0 Å². The van der Waals surface area contributed by atoms with Gasteiger partial charge >= 0.3 is 0 Å². The molecule has 1 fully saturated rings. The number of rotatable bonds is 1. The van der Waals surface area contributed by atoms with Crippen LogP contribution in [0, 0.1) is 25.7 Å². The molecule has 122 valence electrons. The summed E-state index contributed by atoms with van der Waals surface area (Å²) in [6.07, 6.45) is 8.28. The standard InChI is InChI=1S/C23H30/c1-5-17-10-11-19-13-20-12-18-8-6-7-9-21(18)15(3)23(20)16(4)22(19)14(17)2/h10-11,13,15,18,21H,5-9,12H2,1-4H3/t15-,18-,21+/m0/s1. The average molecular weight is 306 g/mol. The first-order valence-electron chi connectivity index (χ1n) is 9.66. The monoisotopic (exact) mass is 306 g/mol. The molecule has 0 N–H and O–H groups in total.